The Kier molecular flexibility index (Phi) is 3.31. The van der Waals surface area contributed by atoms with Crippen LogP contribution < -0.4 is 0 Å². The van der Waals surface area contributed by atoms with E-state index in [1.807, 2.05) is 30.3 Å². The molecule has 4 aliphatic rings. The van der Waals surface area contributed by atoms with E-state index in [0.29, 0.717) is 12.2 Å². The number of nitrogens with one attached hydrogen (secondary N) is 1. The molecular formula is C21H25N3O. The fourth-order valence-electron chi connectivity index (χ4n) is 6.27. The van der Waals surface area contributed by atoms with Crippen LogP contribution in [-0.2, 0) is 0 Å². The minimum absolute atomic E-state index is 0.0279. The smallest absolute Gasteiger partial charge is 0.275 e. The van der Waals surface area contributed by atoms with Crippen molar-refractivity contribution >= 4 is 16.8 Å². The summed E-state index contributed by atoms with van der Waals surface area (Å²) in [5, 5.41) is 8.31. The summed E-state index contributed by atoms with van der Waals surface area (Å²) in [6.45, 7) is 4.55. The van der Waals surface area contributed by atoms with E-state index in [0.717, 1.165) is 28.7 Å². The molecule has 1 aromatic heterocycles. The normalized spacial score (nSPS) is 32.9. The van der Waals surface area contributed by atoms with Crippen molar-refractivity contribution in [2.45, 2.75) is 44.1 Å². The summed E-state index contributed by atoms with van der Waals surface area (Å²) in [5.41, 5.74) is 1.52. The number of H-pyrrole nitrogens is 1. The molecule has 1 heterocycles. The summed E-state index contributed by atoms with van der Waals surface area (Å²) >= 11 is 0. The minimum atomic E-state index is 0.0279. The van der Waals surface area contributed by atoms with E-state index in [2.05, 4.69) is 21.7 Å². The Morgan fingerprint density at radius 3 is 2.48 bits per heavy atom. The standard InChI is InChI=1S/C21H25N3O/c1-2-7-24(20(25)19-17-5-3-4-6-18(17)22-23-19)21-11-14-8-15(12-21)10-16(9-14)13-21/h2-6,14-16H,1,7-13H2,(H,22,23). The topological polar surface area (TPSA) is 49.0 Å². The van der Waals surface area contributed by atoms with Gasteiger partial charge in [-0.2, -0.15) is 5.10 Å². The summed E-state index contributed by atoms with van der Waals surface area (Å²) in [4.78, 5) is 15.6. The van der Waals surface area contributed by atoms with Crippen LogP contribution in [0.4, 0.5) is 0 Å². The van der Waals surface area contributed by atoms with Crippen LogP contribution >= 0.6 is 0 Å². The molecule has 4 aliphatic carbocycles. The van der Waals surface area contributed by atoms with Gasteiger partial charge in [0.25, 0.3) is 5.91 Å². The van der Waals surface area contributed by atoms with Gasteiger partial charge in [-0.15, -0.1) is 6.58 Å². The SMILES string of the molecule is C=CCN(C(=O)c1n[nH]c2ccccc12)C12CC3CC(CC(C3)C1)C2. The van der Waals surface area contributed by atoms with E-state index in [9.17, 15) is 4.79 Å². The third kappa shape index (κ3) is 2.26. The van der Waals surface area contributed by atoms with Crippen LogP contribution in [0.5, 0.6) is 0 Å². The Hall–Kier alpha value is -2.10. The maximum absolute atomic E-state index is 13.5. The second-order valence-corrected chi connectivity index (χ2v) is 8.46. The van der Waals surface area contributed by atoms with E-state index < -0.39 is 0 Å². The molecule has 0 saturated heterocycles. The van der Waals surface area contributed by atoms with E-state index in [-0.39, 0.29) is 11.4 Å². The number of aromatic amines is 1. The van der Waals surface area contributed by atoms with Crippen molar-refractivity contribution in [3.8, 4) is 0 Å². The summed E-state index contributed by atoms with van der Waals surface area (Å²) in [6.07, 6.45) is 9.51. The number of amides is 1. The predicted octanol–water partition coefficient (Wildman–Crippen LogP) is 4.16. The van der Waals surface area contributed by atoms with Crippen LogP contribution in [0.25, 0.3) is 10.9 Å². The Labute approximate surface area is 148 Å². The van der Waals surface area contributed by atoms with Gasteiger partial charge in [-0.05, 0) is 62.3 Å². The van der Waals surface area contributed by atoms with Crippen LogP contribution in [-0.4, -0.2) is 33.1 Å². The van der Waals surface area contributed by atoms with E-state index in [4.69, 9.17) is 0 Å². The monoisotopic (exact) mass is 335 g/mol. The van der Waals surface area contributed by atoms with Crippen LogP contribution in [0.2, 0.25) is 0 Å². The number of fused-ring (bicyclic) bond motifs is 1. The molecular weight excluding hydrogens is 310 g/mol. The molecule has 6 rings (SSSR count). The zero-order valence-corrected chi connectivity index (χ0v) is 14.6. The third-order valence-electron chi connectivity index (χ3n) is 6.81. The summed E-state index contributed by atoms with van der Waals surface area (Å²) < 4.78 is 0. The lowest BCUT2D eigenvalue weighted by Crippen LogP contribution is -2.61. The maximum Gasteiger partial charge on any atom is 0.275 e. The molecule has 4 heteroatoms. The van der Waals surface area contributed by atoms with Gasteiger partial charge < -0.3 is 4.90 Å². The summed E-state index contributed by atoms with van der Waals surface area (Å²) in [6, 6.07) is 7.89. The highest BCUT2D eigenvalue weighted by Crippen LogP contribution is 2.58. The second-order valence-electron chi connectivity index (χ2n) is 8.46. The van der Waals surface area contributed by atoms with Crippen molar-refractivity contribution < 1.29 is 4.79 Å². The molecule has 4 saturated carbocycles. The first kappa shape index (κ1) is 15.2. The van der Waals surface area contributed by atoms with Crippen molar-refractivity contribution in [3.05, 3.63) is 42.6 Å². The molecule has 0 radical (unpaired) electrons. The van der Waals surface area contributed by atoms with Gasteiger partial charge in [0.05, 0.1) is 5.52 Å². The lowest BCUT2D eigenvalue weighted by molar-refractivity contribution is -0.0713. The highest BCUT2D eigenvalue weighted by molar-refractivity contribution is 6.05. The quantitative estimate of drug-likeness (QED) is 0.853. The number of carbonyl (C=O) groups is 1. The van der Waals surface area contributed by atoms with E-state index in [1.54, 1.807) is 0 Å². The number of rotatable bonds is 4. The number of nitrogens with zero attached hydrogens (tertiary/aromatic N) is 2. The Bertz CT molecular complexity index is 801. The largest absolute Gasteiger partial charge is 0.328 e. The van der Waals surface area contributed by atoms with E-state index >= 15 is 0 Å². The molecule has 2 aromatic rings. The van der Waals surface area contributed by atoms with Crippen LogP contribution in [0.3, 0.4) is 0 Å². The summed E-state index contributed by atoms with van der Waals surface area (Å²) in [5.74, 6) is 2.49. The van der Waals surface area contributed by atoms with Crippen molar-refractivity contribution in [2.24, 2.45) is 17.8 Å². The molecule has 0 unspecified atom stereocenters. The first-order valence-electron chi connectivity index (χ1n) is 9.54. The third-order valence-corrected chi connectivity index (χ3v) is 6.81. The molecule has 1 aromatic carbocycles. The van der Waals surface area contributed by atoms with Gasteiger partial charge in [-0.25, -0.2) is 0 Å². The first-order valence-corrected chi connectivity index (χ1v) is 9.54. The van der Waals surface area contributed by atoms with Crippen molar-refractivity contribution in [1.29, 1.82) is 0 Å². The van der Waals surface area contributed by atoms with E-state index in [1.165, 1.54) is 38.5 Å². The zero-order chi connectivity index (χ0) is 17.0. The van der Waals surface area contributed by atoms with Crippen molar-refractivity contribution in [2.75, 3.05) is 6.54 Å². The minimum Gasteiger partial charge on any atom is -0.328 e. The average Bonchev–Trinajstić information content (AvgIpc) is 3.02. The lowest BCUT2D eigenvalue weighted by Gasteiger charge is -2.60. The molecule has 1 N–H and O–H groups in total. The van der Waals surface area contributed by atoms with Gasteiger partial charge in [0.15, 0.2) is 5.69 Å². The van der Waals surface area contributed by atoms with Gasteiger partial charge in [0.1, 0.15) is 0 Å². The number of aromatic nitrogens is 2. The second kappa shape index (κ2) is 5.45. The highest BCUT2D eigenvalue weighted by atomic mass is 16.2. The molecule has 130 valence electrons. The van der Waals surface area contributed by atoms with Crippen molar-refractivity contribution in [3.63, 3.8) is 0 Å². The molecule has 4 nitrogen and oxygen atoms in total. The lowest BCUT2D eigenvalue weighted by atomic mass is 9.52. The predicted molar refractivity (Wildman–Crippen MR) is 98.2 cm³/mol. The highest BCUT2D eigenvalue weighted by Gasteiger charge is 2.54. The number of para-hydroxylation sites is 1. The fourth-order valence-corrected chi connectivity index (χ4v) is 6.27. The maximum atomic E-state index is 13.5. The van der Waals surface area contributed by atoms with Gasteiger partial charge in [-0.3, -0.25) is 9.89 Å². The first-order chi connectivity index (χ1) is 12.2. The van der Waals surface area contributed by atoms with Gasteiger partial charge in [0.2, 0.25) is 0 Å². The number of carbonyl (C=O) groups excluding carboxylic acids is 1. The molecule has 4 fully saturated rings. The van der Waals surface area contributed by atoms with Gasteiger partial charge in [-0.1, -0.05) is 24.3 Å². The van der Waals surface area contributed by atoms with Gasteiger partial charge >= 0.3 is 0 Å². The molecule has 4 bridgehead atoms. The fraction of sp³-hybridized carbons (Fsp3) is 0.524. The van der Waals surface area contributed by atoms with Crippen LogP contribution in [0.15, 0.2) is 36.9 Å². The number of hydrogen-bond donors (Lipinski definition) is 1. The van der Waals surface area contributed by atoms with Gasteiger partial charge in [0, 0.05) is 17.5 Å². The molecule has 0 spiro atoms. The van der Waals surface area contributed by atoms with Crippen molar-refractivity contribution in [1.82, 2.24) is 15.1 Å². The number of hydrogen-bond acceptors (Lipinski definition) is 2. The van der Waals surface area contributed by atoms with Crippen LogP contribution in [0.1, 0.15) is 49.0 Å². The Morgan fingerprint density at radius 2 is 1.84 bits per heavy atom. The Morgan fingerprint density at radius 1 is 1.20 bits per heavy atom. The van der Waals surface area contributed by atoms with Crippen LogP contribution in [0, 0.1) is 17.8 Å². The average molecular weight is 335 g/mol. The molecule has 25 heavy (non-hydrogen) atoms. The summed E-state index contributed by atoms with van der Waals surface area (Å²) in [7, 11) is 0. The Balaban J connectivity index is 1.55. The molecule has 1 amide bonds. The molecule has 0 aliphatic heterocycles. The molecule has 0 atom stereocenters. The number of benzene rings is 1. The zero-order valence-electron chi connectivity index (χ0n) is 14.6.